The first kappa shape index (κ1) is 12.5. The zero-order valence-corrected chi connectivity index (χ0v) is 11.5. The lowest BCUT2D eigenvalue weighted by atomic mass is 10.1. The van der Waals surface area contributed by atoms with E-state index < -0.39 is 0 Å². The maximum absolute atomic E-state index is 12.2. The number of aromatic nitrogens is 4. The molecule has 20 heavy (non-hydrogen) atoms. The number of nitrogens with two attached hydrogens (primary N) is 1. The van der Waals surface area contributed by atoms with E-state index in [1.165, 1.54) is 16.0 Å². The lowest BCUT2D eigenvalue weighted by Crippen LogP contribution is -2.22. The number of thiazole rings is 1. The van der Waals surface area contributed by atoms with E-state index in [1.54, 1.807) is 24.7 Å². The molecule has 3 aromatic rings. The molecule has 3 heterocycles. The average molecular weight is 285 g/mol. The minimum Gasteiger partial charge on any atom is -0.375 e. The molecule has 7 heteroatoms. The minimum atomic E-state index is -0.213. The Labute approximate surface area is 118 Å². The van der Waals surface area contributed by atoms with Gasteiger partial charge < -0.3 is 5.73 Å². The van der Waals surface area contributed by atoms with Gasteiger partial charge in [-0.05, 0) is 18.2 Å². The highest BCUT2D eigenvalue weighted by Gasteiger charge is 2.12. The molecule has 0 spiro atoms. The molecule has 0 atom stereocenters. The number of nitrogen functional groups attached to an aromatic ring is 1. The Kier molecular flexibility index (Phi) is 3.03. The second-order valence-electron chi connectivity index (χ2n) is 4.16. The smallest absolute Gasteiger partial charge is 0.276 e. The van der Waals surface area contributed by atoms with Crippen LogP contribution >= 0.6 is 11.3 Å². The van der Waals surface area contributed by atoms with E-state index in [2.05, 4.69) is 15.1 Å². The van der Waals surface area contributed by atoms with Crippen LogP contribution in [0.4, 0.5) is 5.13 Å². The minimum absolute atomic E-state index is 0.213. The van der Waals surface area contributed by atoms with Crippen LogP contribution in [0.25, 0.3) is 22.6 Å². The third kappa shape index (κ3) is 2.19. The number of rotatable bonds is 2. The predicted octanol–water partition coefficient (Wildman–Crippen LogP) is 1.55. The van der Waals surface area contributed by atoms with Crippen LogP contribution < -0.4 is 11.3 Å². The molecule has 0 saturated heterocycles. The number of hydrogen-bond donors (Lipinski definition) is 1. The lowest BCUT2D eigenvalue weighted by molar-refractivity contribution is 0.713. The van der Waals surface area contributed by atoms with Crippen LogP contribution in [0, 0.1) is 0 Å². The van der Waals surface area contributed by atoms with Gasteiger partial charge in [0.15, 0.2) is 5.13 Å². The molecule has 0 amide bonds. The monoisotopic (exact) mass is 285 g/mol. The Morgan fingerprint density at radius 2 is 2.10 bits per heavy atom. The Bertz CT molecular complexity index is 809. The van der Waals surface area contributed by atoms with Crippen LogP contribution in [0.1, 0.15) is 0 Å². The van der Waals surface area contributed by atoms with Crippen molar-refractivity contribution < 1.29 is 0 Å². The molecular formula is C13H11N5OS. The Balaban J connectivity index is 2.21. The molecule has 0 saturated carbocycles. The van der Waals surface area contributed by atoms with Crippen molar-refractivity contribution in [1.82, 2.24) is 19.7 Å². The lowest BCUT2D eigenvalue weighted by Gasteiger charge is -2.05. The number of anilines is 1. The molecule has 0 aromatic carbocycles. The van der Waals surface area contributed by atoms with E-state index in [0.29, 0.717) is 27.8 Å². The molecule has 3 rings (SSSR count). The molecule has 0 aliphatic rings. The van der Waals surface area contributed by atoms with E-state index in [9.17, 15) is 4.79 Å². The molecule has 0 unspecified atom stereocenters. The third-order valence-corrected chi connectivity index (χ3v) is 3.46. The van der Waals surface area contributed by atoms with Gasteiger partial charge in [0, 0.05) is 18.6 Å². The van der Waals surface area contributed by atoms with Crippen LogP contribution in [0.5, 0.6) is 0 Å². The van der Waals surface area contributed by atoms with E-state index in [-0.39, 0.29) is 5.56 Å². The summed E-state index contributed by atoms with van der Waals surface area (Å²) in [6.07, 6.45) is 1.68. The average Bonchev–Trinajstić information content (AvgIpc) is 2.89. The SMILES string of the molecule is Cn1nc(-c2ccccn2)cc(-c2csc(N)n2)c1=O. The molecule has 0 aliphatic heterocycles. The second kappa shape index (κ2) is 4.86. The molecule has 6 nitrogen and oxygen atoms in total. The van der Waals surface area contributed by atoms with Crippen LogP contribution in [0.2, 0.25) is 0 Å². The summed E-state index contributed by atoms with van der Waals surface area (Å²) in [5, 5.41) is 6.41. The van der Waals surface area contributed by atoms with Gasteiger partial charge in [-0.2, -0.15) is 5.10 Å². The molecule has 100 valence electrons. The first-order valence-corrected chi connectivity index (χ1v) is 6.74. The fraction of sp³-hybridized carbons (Fsp3) is 0.0769. The molecule has 0 fully saturated rings. The molecular weight excluding hydrogens is 274 g/mol. The number of pyridine rings is 1. The van der Waals surface area contributed by atoms with Gasteiger partial charge in [-0.1, -0.05) is 6.07 Å². The van der Waals surface area contributed by atoms with E-state index in [4.69, 9.17) is 5.73 Å². The largest absolute Gasteiger partial charge is 0.375 e. The second-order valence-corrected chi connectivity index (χ2v) is 5.05. The summed E-state index contributed by atoms with van der Waals surface area (Å²) in [4.78, 5) is 20.6. The van der Waals surface area contributed by atoms with Gasteiger partial charge >= 0.3 is 0 Å². The van der Waals surface area contributed by atoms with Gasteiger partial charge in [0.25, 0.3) is 5.56 Å². The zero-order valence-electron chi connectivity index (χ0n) is 10.6. The van der Waals surface area contributed by atoms with Crippen molar-refractivity contribution in [2.45, 2.75) is 0 Å². The zero-order chi connectivity index (χ0) is 14.1. The van der Waals surface area contributed by atoms with Crippen LogP contribution in [-0.2, 0) is 7.05 Å². The van der Waals surface area contributed by atoms with Crippen LogP contribution in [0.15, 0.2) is 40.6 Å². The van der Waals surface area contributed by atoms with Gasteiger partial charge in [-0.3, -0.25) is 9.78 Å². The van der Waals surface area contributed by atoms with Gasteiger partial charge in [-0.15, -0.1) is 11.3 Å². The van der Waals surface area contributed by atoms with E-state index in [0.717, 1.165) is 0 Å². The fourth-order valence-corrected chi connectivity index (χ4v) is 2.41. The number of aryl methyl sites for hydroxylation is 1. The summed E-state index contributed by atoms with van der Waals surface area (Å²) in [6, 6.07) is 7.23. The van der Waals surface area contributed by atoms with Gasteiger partial charge in [-0.25, -0.2) is 9.67 Å². The topological polar surface area (TPSA) is 86.7 Å². The predicted molar refractivity (Wildman–Crippen MR) is 78.2 cm³/mol. The number of hydrogen-bond acceptors (Lipinski definition) is 6. The molecule has 0 radical (unpaired) electrons. The van der Waals surface area contributed by atoms with Crippen molar-refractivity contribution in [2.24, 2.45) is 7.05 Å². The standard InChI is InChI=1S/C13H11N5OS/c1-18-12(19)8(11-7-20-13(14)16-11)6-10(17-18)9-4-2-3-5-15-9/h2-7H,1H3,(H2,14,16). The summed E-state index contributed by atoms with van der Waals surface area (Å²) in [7, 11) is 1.61. The van der Waals surface area contributed by atoms with Gasteiger partial charge in [0.05, 0.1) is 17.0 Å². The van der Waals surface area contributed by atoms with E-state index >= 15 is 0 Å². The Morgan fingerprint density at radius 3 is 2.75 bits per heavy atom. The quantitative estimate of drug-likeness (QED) is 0.772. The fourth-order valence-electron chi connectivity index (χ4n) is 1.84. The Morgan fingerprint density at radius 1 is 1.25 bits per heavy atom. The summed E-state index contributed by atoms with van der Waals surface area (Å²) in [5.41, 5.74) is 7.76. The van der Waals surface area contributed by atoms with Crippen molar-refractivity contribution >= 4 is 16.5 Å². The molecule has 0 aliphatic carbocycles. The summed E-state index contributed by atoms with van der Waals surface area (Å²) in [5.74, 6) is 0. The van der Waals surface area contributed by atoms with Gasteiger partial charge in [0.1, 0.15) is 5.69 Å². The first-order valence-electron chi connectivity index (χ1n) is 5.86. The van der Waals surface area contributed by atoms with Crippen molar-refractivity contribution in [3.63, 3.8) is 0 Å². The maximum atomic E-state index is 12.2. The van der Waals surface area contributed by atoms with Crippen molar-refractivity contribution in [3.05, 3.63) is 46.2 Å². The van der Waals surface area contributed by atoms with Crippen molar-refractivity contribution in [1.29, 1.82) is 0 Å². The van der Waals surface area contributed by atoms with Crippen molar-refractivity contribution in [3.8, 4) is 22.6 Å². The summed E-state index contributed by atoms with van der Waals surface area (Å²) in [6.45, 7) is 0. The number of nitrogens with zero attached hydrogens (tertiary/aromatic N) is 4. The summed E-state index contributed by atoms with van der Waals surface area (Å²) < 4.78 is 1.29. The third-order valence-electron chi connectivity index (χ3n) is 2.79. The van der Waals surface area contributed by atoms with E-state index in [1.807, 2.05) is 18.2 Å². The normalized spacial score (nSPS) is 10.7. The first-order chi connectivity index (χ1) is 9.65. The summed E-state index contributed by atoms with van der Waals surface area (Å²) >= 11 is 1.30. The highest BCUT2D eigenvalue weighted by molar-refractivity contribution is 7.13. The van der Waals surface area contributed by atoms with Gasteiger partial charge in [0.2, 0.25) is 0 Å². The van der Waals surface area contributed by atoms with Crippen LogP contribution in [-0.4, -0.2) is 19.7 Å². The maximum Gasteiger partial charge on any atom is 0.276 e. The Hall–Kier alpha value is -2.54. The molecule has 2 N–H and O–H groups in total. The van der Waals surface area contributed by atoms with Crippen molar-refractivity contribution in [2.75, 3.05) is 5.73 Å². The molecule has 0 bridgehead atoms. The highest BCUT2D eigenvalue weighted by Crippen LogP contribution is 2.23. The highest BCUT2D eigenvalue weighted by atomic mass is 32.1. The van der Waals surface area contributed by atoms with Crippen LogP contribution in [0.3, 0.4) is 0 Å². The molecule has 3 aromatic heterocycles.